The molecule has 0 radical (unpaired) electrons. The van der Waals surface area contributed by atoms with Crippen LogP contribution in [0, 0.1) is 0 Å². The van der Waals surface area contributed by atoms with Gasteiger partial charge < -0.3 is 10.1 Å². The van der Waals surface area contributed by atoms with Gasteiger partial charge in [0, 0.05) is 19.6 Å². The number of aromatic nitrogens is 4. The predicted octanol–water partition coefficient (Wildman–Crippen LogP) is -0.362. The van der Waals surface area contributed by atoms with Crippen molar-refractivity contribution in [3.8, 4) is 0 Å². The Morgan fingerprint density at radius 1 is 1.46 bits per heavy atom. The van der Waals surface area contributed by atoms with Gasteiger partial charge in [-0.05, 0) is 12.0 Å². The average Bonchev–Trinajstić information content (AvgIpc) is 3.06. The van der Waals surface area contributed by atoms with Gasteiger partial charge in [0.15, 0.2) is 0 Å². The zero-order chi connectivity index (χ0) is 18.9. The van der Waals surface area contributed by atoms with Crippen LogP contribution < -0.4 is 5.32 Å². The van der Waals surface area contributed by atoms with Crippen LogP contribution in [0.3, 0.4) is 0 Å². The number of hydrogen-bond donors (Lipinski definition) is 1. The van der Waals surface area contributed by atoms with Gasteiger partial charge in [-0.25, -0.2) is 17.9 Å². The van der Waals surface area contributed by atoms with Gasteiger partial charge in [-0.15, -0.1) is 0 Å². The molecule has 1 saturated heterocycles. The Morgan fingerprint density at radius 3 is 2.92 bits per heavy atom. The Balaban J connectivity index is 1.69. The first kappa shape index (κ1) is 18.7. The Morgan fingerprint density at radius 2 is 2.23 bits per heavy atom. The normalized spacial score (nSPS) is 19.2. The van der Waals surface area contributed by atoms with E-state index >= 15 is 0 Å². The average molecular weight is 382 g/mol. The van der Waals surface area contributed by atoms with Gasteiger partial charge in [-0.2, -0.15) is 14.4 Å². The minimum absolute atomic E-state index is 0.138. The van der Waals surface area contributed by atoms with E-state index in [1.54, 1.807) is 10.6 Å². The van der Waals surface area contributed by atoms with Crippen LogP contribution in [0.25, 0.3) is 5.78 Å². The van der Waals surface area contributed by atoms with Crippen LogP contribution >= 0.6 is 0 Å². The lowest BCUT2D eigenvalue weighted by Gasteiger charge is -2.31. The molecular weight excluding hydrogens is 360 g/mol. The summed E-state index contributed by atoms with van der Waals surface area (Å²) in [7, 11) is -3.27. The lowest BCUT2D eigenvalue weighted by Crippen LogP contribution is -2.49. The zero-order valence-electron chi connectivity index (χ0n) is 14.9. The molecule has 3 rings (SSSR count). The van der Waals surface area contributed by atoms with Crippen molar-refractivity contribution in [3.05, 3.63) is 23.8 Å². The van der Waals surface area contributed by atoms with Crippen molar-refractivity contribution in [1.29, 1.82) is 0 Å². The molecule has 0 aliphatic carbocycles. The highest BCUT2D eigenvalue weighted by Gasteiger charge is 2.27. The second kappa shape index (κ2) is 7.25. The first-order valence-electron chi connectivity index (χ1n) is 8.31. The topological polar surface area (TPSA) is 119 Å². The van der Waals surface area contributed by atoms with Crippen molar-refractivity contribution in [1.82, 2.24) is 29.2 Å². The number of ether oxygens (including phenoxy) is 1. The van der Waals surface area contributed by atoms with Crippen LogP contribution in [0.15, 0.2) is 12.4 Å². The molecule has 0 spiro atoms. The Bertz CT molecular complexity index is 910. The van der Waals surface area contributed by atoms with E-state index in [1.807, 2.05) is 13.8 Å². The highest BCUT2D eigenvalue weighted by Crippen LogP contribution is 2.15. The van der Waals surface area contributed by atoms with E-state index < -0.39 is 16.1 Å². The SMILES string of the molecule is CC(C)c1cc(C(=O)NCC2CN(S(C)(=O)=O)CCO2)nc2ncnn12. The lowest BCUT2D eigenvalue weighted by atomic mass is 10.1. The number of nitrogens with one attached hydrogen (secondary N) is 1. The first-order chi connectivity index (χ1) is 12.3. The Hall–Kier alpha value is -2.11. The molecule has 10 nitrogen and oxygen atoms in total. The fourth-order valence-corrected chi connectivity index (χ4v) is 3.62. The standard InChI is InChI=1S/C15H22N6O4S/c1-10(2)13-6-12(19-15-17-9-18-21(13)15)14(22)16-7-11-8-20(4-5-25-11)26(3,23)24/h6,9-11H,4-5,7-8H2,1-3H3,(H,16,22). The first-order valence-corrected chi connectivity index (χ1v) is 10.2. The van der Waals surface area contributed by atoms with Crippen LogP contribution in [-0.4, -0.2) is 76.8 Å². The van der Waals surface area contributed by atoms with E-state index in [4.69, 9.17) is 4.74 Å². The highest BCUT2D eigenvalue weighted by molar-refractivity contribution is 7.88. The van der Waals surface area contributed by atoms with Gasteiger partial charge in [0.1, 0.15) is 12.0 Å². The monoisotopic (exact) mass is 382 g/mol. The predicted molar refractivity (Wildman–Crippen MR) is 93.4 cm³/mol. The molecule has 11 heteroatoms. The van der Waals surface area contributed by atoms with Crippen molar-refractivity contribution < 1.29 is 17.9 Å². The highest BCUT2D eigenvalue weighted by atomic mass is 32.2. The summed E-state index contributed by atoms with van der Waals surface area (Å²) in [6.07, 6.45) is 2.16. The number of carbonyl (C=O) groups excluding carboxylic acids is 1. The molecule has 142 valence electrons. The molecule has 0 saturated carbocycles. The fraction of sp³-hybridized carbons (Fsp3) is 0.600. The van der Waals surface area contributed by atoms with Gasteiger partial charge in [-0.3, -0.25) is 4.79 Å². The van der Waals surface area contributed by atoms with Crippen molar-refractivity contribution >= 4 is 21.7 Å². The van der Waals surface area contributed by atoms with E-state index in [1.165, 1.54) is 16.9 Å². The summed E-state index contributed by atoms with van der Waals surface area (Å²) in [6.45, 7) is 5.02. The maximum absolute atomic E-state index is 12.5. The van der Waals surface area contributed by atoms with Crippen LogP contribution in [0.4, 0.5) is 0 Å². The van der Waals surface area contributed by atoms with E-state index in [-0.39, 0.29) is 30.6 Å². The molecule has 2 aromatic rings. The number of amides is 1. The summed E-state index contributed by atoms with van der Waals surface area (Å²) in [5, 5.41) is 6.88. The van der Waals surface area contributed by atoms with Crippen molar-refractivity contribution in [2.24, 2.45) is 0 Å². The molecule has 0 bridgehead atoms. The summed E-state index contributed by atoms with van der Waals surface area (Å²) in [5.74, 6) is 0.134. The third-order valence-electron chi connectivity index (χ3n) is 4.16. The summed E-state index contributed by atoms with van der Waals surface area (Å²) < 4.78 is 31.8. The molecule has 3 heterocycles. The van der Waals surface area contributed by atoms with Gasteiger partial charge in [-0.1, -0.05) is 13.8 Å². The number of nitrogens with zero attached hydrogens (tertiary/aromatic N) is 5. The number of rotatable bonds is 5. The van der Waals surface area contributed by atoms with Gasteiger partial charge in [0.2, 0.25) is 10.0 Å². The Kier molecular flexibility index (Phi) is 5.21. The second-order valence-corrected chi connectivity index (χ2v) is 8.50. The van der Waals surface area contributed by atoms with Gasteiger partial charge in [0.05, 0.1) is 24.7 Å². The summed E-state index contributed by atoms with van der Waals surface area (Å²) in [4.78, 5) is 20.8. The van der Waals surface area contributed by atoms with Crippen LogP contribution in [0.1, 0.15) is 35.9 Å². The molecular formula is C15H22N6O4S. The lowest BCUT2D eigenvalue weighted by molar-refractivity contribution is 0.000412. The summed E-state index contributed by atoms with van der Waals surface area (Å²) in [6, 6.07) is 1.69. The third kappa shape index (κ3) is 4.00. The minimum Gasteiger partial charge on any atom is -0.374 e. The quantitative estimate of drug-likeness (QED) is 0.750. The number of carbonyl (C=O) groups is 1. The molecule has 1 atom stereocenters. The molecule has 0 aromatic carbocycles. The van der Waals surface area contributed by atoms with Gasteiger partial charge >= 0.3 is 0 Å². The van der Waals surface area contributed by atoms with Crippen molar-refractivity contribution in [3.63, 3.8) is 0 Å². The van der Waals surface area contributed by atoms with Crippen molar-refractivity contribution in [2.45, 2.75) is 25.9 Å². The number of fused-ring (bicyclic) bond motifs is 1. The van der Waals surface area contributed by atoms with Gasteiger partial charge in [0.25, 0.3) is 11.7 Å². The minimum atomic E-state index is -3.27. The maximum Gasteiger partial charge on any atom is 0.270 e. The fourth-order valence-electron chi connectivity index (χ4n) is 2.78. The van der Waals surface area contributed by atoms with Crippen LogP contribution in [0.5, 0.6) is 0 Å². The number of morpholine rings is 1. The molecule has 1 aliphatic rings. The third-order valence-corrected chi connectivity index (χ3v) is 5.43. The molecule has 1 amide bonds. The van der Waals surface area contributed by atoms with Crippen LogP contribution in [-0.2, 0) is 14.8 Å². The van der Waals surface area contributed by atoms with E-state index in [9.17, 15) is 13.2 Å². The maximum atomic E-state index is 12.5. The molecule has 1 N–H and O–H groups in total. The molecule has 1 unspecified atom stereocenters. The molecule has 2 aromatic heterocycles. The van der Waals surface area contributed by atoms with Crippen molar-refractivity contribution in [2.75, 3.05) is 32.5 Å². The summed E-state index contributed by atoms with van der Waals surface area (Å²) in [5.41, 5.74) is 1.07. The number of hydrogen-bond acceptors (Lipinski definition) is 7. The zero-order valence-corrected chi connectivity index (χ0v) is 15.7. The number of sulfonamides is 1. The molecule has 1 aliphatic heterocycles. The van der Waals surface area contributed by atoms with E-state index in [0.29, 0.717) is 18.9 Å². The molecule has 1 fully saturated rings. The van der Waals surface area contributed by atoms with E-state index in [2.05, 4.69) is 20.4 Å². The van der Waals surface area contributed by atoms with Crippen LogP contribution in [0.2, 0.25) is 0 Å². The second-order valence-electron chi connectivity index (χ2n) is 6.52. The van der Waals surface area contributed by atoms with E-state index in [0.717, 1.165) is 5.69 Å². The largest absolute Gasteiger partial charge is 0.374 e. The Labute approximate surface area is 151 Å². The molecule has 26 heavy (non-hydrogen) atoms. The smallest absolute Gasteiger partial charge is 0.270 e. The summed E-state index contributed by atoms with van der Waals surface area (Å²) >= 11 is 0.